The van der Waals surface area contributed by atoms with Gasteiger partial charge in [0.1, 0.15) is 5.82 Å². The quantitative estimate of drug-likeness (QED) is 0.867. The van der Waals surface area contributed by atoms with Crippen molar-refractivity contribution >= 4 is 11.0 Å². The minimum atomic E-state index is 0.0986. The van der Waals surface area contributed by atoms with Gasteiger partial charge in [-0.25, -0.2) is 4.98 Å². The fourth-order valence-corrected chi connectivity index (χ4v) is 2.83. The van der Waals surface area contributed by atoms with Gasteiger partial charge >= 0.3 is 0 Å². The fraction of sp³-hybridized carbons (Fsp3) is 0.500. The number of ether oxygens (including phenoxy) is 1. The molecule has 1 atom stereocenters. The number of benzene rings is 1. The summed E-state index contributed by atoms with van der Waals surface area (Å²) < 4.78 is 5.43. The number of aromatic amines is 1. The van der Waals surface area contributed by atoms with Crippen LogP contribution in [0.25, 0.3) is 11.0 Å². The maximum Gasteiger partial charge on any atom is 0.104 e. The van der Waals surface area contributed by atoms with Crippen LogP contribution in [0.15, 0.2) is 18.2 Å². The normalized spacial score (nSPS) is 19.7. The molecule has 0 aliphatic carbocycles. The standard InChI is InChI=1S/C14H19N3O/c1-9(15)6-14(7-18-8-14)11-3-4-12-13(5-11)17-10(2)16-12/h3-5,9H,6-8,15H2,1-2H3,(H,16,17). The Hall–Kier alpha value is -1.39. The largest absolute Gasteiger partial charge is 0.379 e. The first-order valence-electron chi connectivity index (χ1n) is 6.39. The second-order valence-corrected chi connectivity index (χ2v) is 5.51. The van der Waals surface area contributed by atoms with Gasteiger partial charge < -0.3 is 15.5 Å². The molecule has 2 aromatic rings. The second kappa shape index (κ2) is 4.07. The van der Waals surface area contributed by atoms with E-state index in [9.17, 15) is 0 Å². The van der Waals surface area contributed by atoms with Crippen LogP contribution in [0.5, 0.6) is 0 Å². The van der Waals surface area contributed by atoms with E-state index in [4.69, 9.17) is 10.5 Å². The molecule has 4 heteroatoms. The summed E-state index contributed by atoms with van der Waals surface area (Å²) >= 11 is 0. The fourth-order valence-electron chi connectivity index (χ4n) is 2.83. The molecular formula is C14H19N3O. The van der Waals surface area contributed by atoms with Crippen molar-refractivity contribution in [2.24, 2.45) is 5.73 Å². The predicted molar refractivity (Wildman–Crippen MR) is 71.6 cm³/mol. The minimum absolute atomic E-state index is 0.0986. The molecule has 1 aliphatic heterocycles. The molecule has 0 amide bonds. The molecule has 3 rings (SSSR count). The van der Waals surface area contributed by atoms with Gasteiger partial charge in [-0.3, -0.25) is 0 Å². The average Bonchev–Trinajstić information content (AvgIpc) is 2.62. The van der Waals surface area contributed by atoms with Crippen molar-refractivity contribution in [2.45, 2.75) is 31.7 Å². The molecule has 18 heavy (non-hydrogen) atoms. The summed E-state index contributed by atoms with van der Waals surface area (Å²) in [4.78, 5) is 7.72. The van der Waals surface area contributed by atoms with Crippen LogP contribution in [-0.4, -0.2) is 29.2 Å². The zero-order valence-corrected chi connectivity index (χ0v) is 10.9. The Balaban J connectivity index is 2.01. The first-order chi connectivity index (χ1) is 8.59. The molecule has 1 aromatic heterocycles. The summed E-state index contributed by atoms with van der Waals surface area (Å²) in [6, 6.07) is 6.62. The maximum atomic E-state index is 5.97. The Morgan fingerprint density at radius 1 is 1.50 bits per heavy atom. The van der Waals surface area contributed by atoms with Crippen molar-refractivity contribution in [3.8, 4) is 0 Å². The third-order valence-corrected chi connectivity index (χ3v) is 3.68. The van der Waals surface area contributed by atoms with E-state index in [2.05, 4.69) is 35.1 Å². The summed E-state index contributed by atoms with van der Waals surface area (Å²) in [6.45, 7) is 5.57. The van der Waals surface area contributed by atoms with E-state index in [0.29, 0.717) is 0 Å². The van der Waals surface area contributed by atoms with Crippen LogP contribution in [0, 0.1) is 6.92 Å². The monoisotopic (exact) mass is 245 g/mol. The van der Waals surface area contributed by atoms with E-state index in [1.54, 1.807) is 0 Å². The van der Waals surface area contributed by atoms with Gasteiger partial charge in [-0.15, -0.1) is 0 Å². The topological polar surface area (TPSA) is 63.9 Å². The van der Waals surface area contributed by atoms with E-state index >= 15 is 0 Å². The summed E-state index contributed by atoms with van der Waals surface area (Å²) in [5.41, 5.74) is 9.49. The highest BCUT2D eigenvalue weighted by Crippen LogP contribution is 2.37. The van der Waals surface area contributed by atoms with Gasteiger partial charge in [0.15, 0.2) is 0 Å². The van der Waals surface area contributed by atoms with Crippen LogP contribution >= 0.6 is 0 Å². The zero-order chi connectivity index (χ0) is 12.8. The van der Waals surface area contributed by atoms with Crippen LogP contribution in [-0.2, 0) is 10.2 Å². The highest BCUT2D eigenvalue weighted by Gasteiger charge is 2.40. The van der Waals surface area contributed by atoms with Gasteiger partial charge in [-0.1, -0.05) is 6.07 Å². The van der Waals surface area contributed by atoms with Crippen LogP contribution in [0.2, 0.25) is 0 Å². The van der Waals surface area contributed by atoms with E-state index in [-0.39, 0.29) is 11.5 Å². The first-order valence-corrected chi connectivity index (χ1v) is 6.39. The van der Waals surface area contributed by atoms with Crippen molar-refractivity contribution in [1.82, 2.24) is 9.97 Å². The highest BCUT2D eigenvalue weighted by molar-refractivity contribution is 5.76. The molecule has 1 aromatic carbocycles. The molecular weight excluding hydrogens is 226 g/mol. The lowest BCUT2D eigenvalue weighted by Gasteiger charge is -2.43. The molecule has 0 spiro atoms. The lowest BCUT2D eigenvalue weighted by Crippen LogP contribution is -2.49. The van der Waals surface area contributed by atoms with Crippen LogP contribution < -0.4 is 5.73 Å². The van der Waals surface area contributed by atoms with Gasteiger partial charge in [-0.2, -0.15) is 0 Å². The Labute approximate surface area is 107 Å². The summed E-state index contributed by atoms with van der Waals surface area (Å²) in [6.07, 6.45) is 0.964. The van der Waals surface area contributed by atoms with E-state index in [1.165, 1.54) is 5.56 Å². The van der Waals surface area contributed by atoms with Gasteiger partial charge in [0.05, 0.1) is 24.2 Å². The zero-order valence-electron chi connectivity index (χ0n) is 10.9. The summed E-state index contributed by atoms with van der Waals surface area (Å²) in [5, 5.41) is 0. The van der Waals surface area contributed by atoms with Gasteiger partial charge in [0.2, 0.25) is 0 Å². The SMILES string of the molecule is Cc1nc2ccc(C3(CC(C)N)COC3)cc2[nH]1. The molecule has 1 aliphatic rings. The molecule has 1 saturated heterocycles. The maximum absolute atomic E-state index is 5.97. The van der Waals surface area contributed by atoms with Crippen molar-refractivity contribution in [1.29, 1.82) is 0 Å². The third-order valence-electron chi connectivity index (χ3n) is 3.68. The van der Waals surface area contributed by atoms with Crippen LogP contribution in [0.3, 0.4) is 0 Å². The van der Waals surface area contributed by atoms with E-state index in [1.807, 2.05) is 6.92 Å². The van der Waals surface area contributed by atoms with Gasteiger partial charge in [-0.05, 0) is 38.0 Å². The van der Waals surface area contributed by atoms with E-state index < -0.39 is 0 Å². The molecule has 2 heterocycles. The Morgan fingerprint density at radius 3 is 2.89 bits per heavy atom. The number of nitrogens with one attached hydrogen (secondary N) is 1. The number of imidazole rings is 1. The Bertz CT molecular complexity index is 569. The number of aryl methyl sites for hydroxylation is 1. The lowest BCUT2D eigenvalue weighted by molar-refractivity contribution is -0.0664. The predicted octanol–water partition coefficient (Wildman–Crippen LogP) is 1.88. The summed E-state index contributed by atoms with van der Waals surface area (Å²) in [7, 11) is 0. The first kappa shape index (κ1) is 11.7. The molecule has 3 N–H and O–H groups in total. The molecule has 1 unspecified atom stereocenters. The molecule has 0 radical (unpaired) electrons. The third kappa shape index (κ3) is 1.82. The Morgan fingerprint density at radius 2 is 2.28 bits per heavy atom. The second-order valence-electron chi connectivity index (χ2n) is 5.51. The summed E-state index contributed by atoms with van der Waals surface area (Å²) in [5.74, 6) is 0.952. The highest BCUT2D eigenvalue weighted by atomic mass is 16.5. The van der Waals surface area contributed by atoms with Crippen molar-refractivity contribution in [3.63, 3.8) is 0 Å². The molecule has 0 saturated carbocycles. The smallest absolute Gasteiger partial charge is 0.104 e. The molecule has 4 nitrogen and oxygen atoms in total. The average molecular weight is 245 g/mol. The number of nitrogens with zero attached hydrogens (tertiary/aromatic N) is 1. The van der Waals surface area contributed by atoms with E-state index in [0.717, 1.165) is 36.5 Å². The molecule has 96 valence electrons. The number of rotatable bonds is 3. The van der Waals surface area contributed by atoms with Crippen molar-refractivity contribution < 1.29 is 4.74 Å². The molecule has 1 fully saturated rings. The molecule has 0 bridgehead atoms. The number of fused-ring (bicyclic) bond motifs is 1. The lowest BCUT2D eigenvalue weighted by atomic mass is 9.74. The number of hydrogen-bond donors (Lipinski definition) is 2. The number of H-pyrrole nitrogens is 1. The Kier molecular flexibility index (Phi) is 2.64. The van der Waals surface area contributed by atoms with Crippen molar-refractivity contribution in [2.75, 3.05) is 13.2 Å². The van der Waals surface area contributed by atoms with Gasteiger partial charge in [0, 0.05) is 11.5 Å². The number of hydrogen-bond acceptors (Lipinski definition) is 3. The minimum Gasteiger partial charge on any atom is -0.379 e. The number of nitrogens with two attached hydrogens (primary N) is 1. The van der Waals surface area contributed by atoms with Gasteiger partial charge in [0.25, 0.3) is 0 Å². The van der Waals surface area contributed by atoms with Crippen LogP contribution in [0.4, 0.5) is 0 Å². The number of aromatic nitrogens is 2. The van der Waals surface area contributed by atoms with Crippen LogP contribution in [0.1, 0.15) is 24.7 Å². The van der Waals surface area contributed by atoms with Crippen molar-refractivity contribution in [3.05, 3.63) is 29.6 Å².